The molecule has 0 aliphatic rings. The molecule has 1 aromatic heterocycles. The fourth-order valence-electron chi connectivity index (χ4n) is 0.691. The normalized spacial score (nSPS) is 11.7. The maximum atomic E-state index is 12.0. The Morgan fingerprint density at radius 2 is 2.17 bits per heavy atom. The Bertz CT molecular complexity index is 302. The lowest BCUT2D eigenvalue weighted by Gasteiger charge is -2.01. The molecule has 1 heterocycles. The molecule has 0 radical (unpaired) electrons. The Kier molecular flexibility index (Phi) is 1.91. The van der Waals surface area contributed by atoms with Crippen molar-refractivity contribution in [2.45, 2.75) is 13.1 Å². The third-order valence-electron chi connectivity index (χ3n) is 1.22. The van der Waals surface area contributed by atoms with Gasteiger partial charge in [0.1, 0.15) is 6.26 Å². The number of alkyl halides is 3. The van der Waals surface area contributed by atoms with Crippen molar-refractivity contribution in [3.05, 3.63) is 17.5 Å². The second-order valence-corrected chi connectivity index (χ2v) is 2.13. The van der Waals surface area contributed by atoms with Gasteiger partial charge in [0.2, 0.25) is 0 Å². The average molecular weight is 179 g/mol. The Morgan fingerprint density at radius 1 is 1.58 bits per heavy atom. The molecule has 0 unspecified atom stereocenters. The van der Waals surface area contributed by atoms with Gasteiger partial charge in [0.05, 0.1) is 5.56 Å². The molecule has 0 atom stereocenters. The van der Waals surface area contributed by atoms with Gasteiger partial charge in [-0.2, -0.15) is 13.2 Å². The number of hydrogen-bond acceptors (Lipinski definition) is 3. The van der Waals surface area contributed by atoms with Crippen molar-refractivity contribution >= 4 is 5.78 Å². The number of ketones is 1. The van der Waals surface area contributed by atoms with Crippen LogP contribution in [0.25, 0.3) is 0 Å². The minimum atomic E-state index is -4.63. The second kappa shape index (κ2) is 2.62. The Morgan fingerprint density at radius 3 is 2.50 bits per heavy atom. The lowest BCUT2D eigenvalue weighted by atomic mass is 10.2. The molecule has 0 aliphatic carbocycles. The van der Waals surface area contributed by atoms with E-state index >= 15 is 0 Å². The summed E-state index contributed by atoms with van der Waals surface area (Å²) in [6, 6.07) is 0. The Balaban J connectivity index is 3.17. The summed E-state index contributed by atoms with van der Waals surface area (Å²) in [5, 5.41) is 2.69. The van der Waals surface area contributed by atoms with Crippen LogP contribution in [-0.4, -0.2) is 10.9 Å². The molecule has 1 rings (SSSR count). The second-order valence-electron chi connectivity index (χ2n) is 2.13. The van der Waals surface area contributed by atoms with Crippen LogP contribution in [0.5, 0.6) is 0 Å². The zero-order chi connectivity index (χ0) is 9.35. The Labute approximate surface area is 65.1 Å². The summed E-state index contributed by atoms with van der Waals surface area (Å²) in [6.45, 7) is 1.02. The summed E-state index contributed by atoms with van der Waals surface area (Å²) in [6.07, 6.45) is -3.95. The summed E-state index contributed by atoms with van der Waals surface area (Å²) in [5.74, 6) is -0.719. The fraction of sp³-hybridized carbons (Fsp3) is 0.333. The largest absolute Gasteiger partial charge is 0.437 e. The molecule has 0 saturated heterocycles. The average Bonchev–Trinajstić information content (AvgIpc) is 2.30. The molecule has 0 bridgehead atoms. The van der Waals surface area contributed by atoms with Crippen LogP contribution in [0.1, 0.15) is 23.0 Å². The van der Waals surface area contributed by atoms with Gasteiger partial charge in [0, 0.05) is 0 Å². The summed E-state index contributed by atoms with van der Waals surface area (Å²) < 4.78 is 39.9. The topological polar surface area (TPSA) is 43.1 Å². The van der Waals surface area contributed by atoms with E-state index in [1.807, 2.05) is 0 Å². The van der Waals surface area contributed by atoms with Crippen molar-refractivity contribution in [1.29, 1.82) is 0 Å². The first-order valence-corrected chi connectivity index (χ1v) is 2.95. The molecule has 66 valence electrons. The van der Waals surface area contributed by atoms with Crippen LogP contribution in [-0.2, 0) is 6.18 Å². The summed E-state index contributed by atoms with van der Waals surface area (Å²) in [5.41, 5.74) is -1.81. The van der Waals surface area contributed by atoms with Crippen LogP contribution < -0.4 is 0 Å². The van der Waals surface area contributed by atoms with Crippen molar-refractivity contribution in [2.24, 2.45) is 0 Å². The Hall–Kier alpha value is -1.33. The van der Waals surface area contributed by atoms with E-state index < -0.39 is 23.2 Å². The van der Waals surface area contributed by atoms with E-state index in [2.05, 4.69) is 9.68 Å². The summed E-state index contributed by atoms with van der Waals surface area (Å²) in [4.78, 5) is 10.6. The lowest BCUT2D eigenvalue weighted by molar-refractivity contribution is -0.143. The van der Waals surface area contributed by atoms with Crippen molar-refractivity contribution in [2.75, 3.05) is 0 Å². The molecule has 12 heavy (non-hydrogen) atoms. The first-order chi connectivity index (χ1) is 5.43. The molecule has 0 fully saturated rings. The SMILES string of the molecule is CC(=O)c1conc1C(F)(F)F. The van der Waals surface area contributed by atoms with Crippen molar-refractivity contribution < 1.29 is 22.5 Å². The number of aromatic nitrogens is 1. The molecule has 3 nitrogen and oxygen atoms in total. The molecule has 1 aromatic rings. The number of nitrogens with zero attached hydrogens (tertiary/aromatic N) is 1. The third-order valence-corrected chi connectivity index (χ3v) is 1.22. The minimum absolute atomic E-state index is 0.539. The number of hydrogen-bond donors (Lipinski definition) is 0. The fourth-order valence-corrected chi connectivity index (χ4v) is 0.691. The van der Waals surface area contributed by atoms with Crippen molar-refractivity contribution in [3.63, 3.8) is 0 Å². The first-order valence-electron chi connectivity index (χ1n) is 2.95. The van der Waals surface area contributed by atoms with E-state index in [0.717, 1.165) is 6.92 Å². The van der Waals surface area contributed by atoms with E-state index in [0.29, 0.717) is 6.26 Å². The van der Waals surface area contributed by atoms with Crippen LogP contribution in [0, 0.1) is 0 Å². The van der Waals surface area contributed by atoms with Crippen LogP contribution in [0.2, 0.25) is 0 Å². The van der Waals surface area contributed by atoms with Crippen LogP contribution in [0.3, 0.4) is 0 Å². The van der Waals surface area contributed by atoms with E-state index in [4.69, 9.17) is 0 Å². The molecule has 0 aromatic carbocycles. The molecule has 0 N–H and O–H groups in total. The van der Waals surface area contributed by atoms with Gasteiger partial charge in [-0.15, -0.1) is 0 Å². The standard InChI is InChI=1S/C6H4F3NO2/c1-3(11)4-2-12-10-5(4)6(7,8)9/h2H,1H3. The lowest BCUT2D eigenvalue weighted by Crippen LogP contribution is -2.10. The smallest absolute Gasteiger partial charge is 0.363 e. The van der Waals surface area contributed by atoms with E-state index in [1.165, 1.54) is 0 Å². The maximum absolute atomic E-state index is 12.0. The molecule has 6 heteroatoms. The molecule has 0 aliphatic heterocycles. The van der Waals surface area contributed by atoms with Gasteiger partial charge in [-0.05, 0) is 6.92 Å². The van der Waals surface area contributed by atoms with Gasteiger partial charge in [-0.25, -0.2) is 0 Å². The van der Waals surface area contributed by atoms with E-state index in [9.17, 15) is 18.0 Å². The number of rotatable bonds is 1. The first kappa shape index (κ1) is 8.76. The van der Waals surface area contributed by atoms with E-state index in [1.54, 1.807) is 0 Å². The van der Waals surface area contributed by atoms with Gasteiger partial charge < -0.3 is 4.52 Å². The highest BCUT2D eigenvalue weighted by atomic mass is 19.4. The number of carbonyl (C=O) groups excluding carboxylic acids is 1. The highest BCUT2D eigenvalue weighted by Crippen LogP contribution is 2.30. The van der Waals surface area contributed by atoms with Crippen LogP contribution in [0.4, 0.5) is 13.2 Å². The summed E-state index contributed by atoms with van der Waals surface area (Å²) in [7, 11) is 0. The van der Waals surface area contributed by atoms with Crippen molar-refractivity contribution in [3.8, 4) is 0 Å². The van der Waals surface area contributed by atoms with Gasteiger partial charge in [-0.3, -0.25) is 4.79 Å². The minimum Gasteiger partial charge on any atom is -0.363 e. The number of Topliss-reactive ketones (excluding diaryl/α,β-unsaturated/α-hetero) is 1. The van der Waals surface area contributed by atoms with Crippen LogP contribution in [0.15, 0.2) is 10.8 Å². The predicted molar refractivity (Wildman–Crippen MR) is 31.5 cm³/mol. The number of halogens is 3. The maximum Gasteiger partial charge on any atom is 0.437 e. The number of carbonyl (C=O) groups is 1. The monoisotopic (exact) mass is 179 g/mol. The zero-order valence-corrected chi connectivity index (χ0v) is 5.97. The van der Waals surface area contributed by atoms with Gasteiger partial charge in [-0.1, -0.05) is 5.16 Å². The van der Waals surface area contributed by atoms with E-state index in [-0.39, 0.29) is 0 Å². The third kappa shape index (κ3) is 1.46. The highest BCUT2D eigenvalue weighted by molar-refractivity contribution is 5.94. The van der Waals surface area contributed by atoms with Gasteiger partial charge in [0.15, 0.2) is 11.5 Å². The molecule has 0 saturated carbocycles. The molecular formula is C6H4F3NO2. The van der Waals surface area contributed by atoms with Crippen LogP contribution >= 0.6 is 0 Å². The summed E-state index contributed by atoms with van der Waals surface area (Å²) >= 11 is 0. The van der Waals surface area contributed by atoms with Crippen molar-refractivity contribution in [1.82, 2.24) is 5.16 Å². The highest BCUT2D eigenvalue weighted by Gasteiger charge is 2.38. The molecular weight excluding hydrogens is 175 g/mol. The van der Waals surface area contributed by atoms with Gasteiger partial charge in [0.25, 0.3) is 0 Å². The predicted octanol–water partition coefficient (Wildman–Crippen LogP) is 1.90. The van der Waals surface area contributed by atoms with Gasteiger partial charge >= 0.3 is 6.18 Å². The quantitative estimate of drug-likeness (QED) is 0.618. The zero-order valence-electron chi connectivity index (χ0n) is 5.97. The molecule has 0 amide bonds. The molecule has 0 spiro atoms.